The van der Waals surface area contributed by atoms with E-state index in [0.29, 0.717) is 10.6 Å². The minimum atomic E-state index is -5.09. The molecule has 0 saturated heterocycles. The van der Waals surface area contributed by atoms with Crippen LogP contribution < -0.4 is 21.3 Å². The number of nitrogen functional groups attached to an aromatic ring is 1. The number of nitro benzene ring substituents is 1. The van der Waals surface area contributed by atoms with E-state index in [4.69, 9.17) is 5.73 Å². The van der Waals surface area contributed by atoms with Crippen LogP contribution in [0.3, 0.4) is 0 Å². The number of aromatic nitrogens is 1. The number of ether oxygens (including phenoxy) is 1. The number of alkyl halides is 3. The van der Waals surface area contributed by atoms with Gasteiger partial charge in [-0.3, -0.25) is 34.4 Å². The van der Waals surface area contributed by atoms with E-state index in [0.717, 1.165) is 18.2 Å². The first-order valence-electron chi connectivity index (χ1n) is 6.95. The van der Waals surface area contributed by atoms with Gasteiger partial charge in [-0.15, -0.1) is 13.2 Å². The Labute approximate surface area is 146 Å². The van der Waals surface area contributed by atoms with Crippen LogP contribution in [0, 0.1) is 10.1 Å². The lowest BCUT2D eigenvalue weighted by Gasteiger charge is -2.14. The fourth-order valence-electron chi connectivity index (χ4n) is 2.56. The average Bonchev–Trinajstić information content (AvgIpc) is 2.81. The van der Waals surface area contributed by atoms with Crippen molar-refractivity contribution in [1.82, 2.24) is 9.88 Å². The van der Waals surface area contributed by atoms with E-state index in [-0.39, 0.29) is 11.1 Å². The second kappa shape index (κ2) is 5.82. The zero-order valence-corrected chi connectivity index (χ0v) is 12.9. The van der Waals surface area contributed by atoms with E-state index in [1.807, 2.05) is 5.32 Å². The molecule has 1 aliphatic heterocycles. The van der Waals surface area contributed by atoms with Gasteiger partial charge in [-0.1, -0.05) is 0 Å². The number of nitrogens with two attached hydrogens (primary N) is 1. The molecule has 1 aromatic carbocycles. The Morgan fingerprint density at radius 2 is 1.81 bits per heavy atom. The number of pyridine rings is 1. The van der Waals surface area contributed by atoms with Crippen LogP contribution in [0.2, 0.25) is 0 Å². The first-order chi connectivity index (χ1) is 12.5. The van der Waals surface area contributed by atoms with Gasteiger partial charge in [0.05, 0.1) is 22.1 Å². The summed E-state index contributed by atoms with van der Waals surface area (Å²) in [6.07, 6.45) is -5.09. The van der Waals surface area contributed by atoms with Gasteiger partial charge in [0.2, 0.25) is 0 Å². The summed E-state index contributed by atoms with van der Waals surface area (Å²) in [4.78, 5) is 45.9. The summed E-state index contributed by atoms with van der Waals surface area (Å²) in [5, 5.41) is 13.2. The molecule has 0 fully saturated rings. The molecule has 3 N–H and O–H groups in total. The molecule has 27 heavy (non-hydrogen) atoms. The number of nitrogens with one attached hydrogen (secondary N) is 1. The predicted molar refractivity (Wildman–Crippen MR) is 81.6 cm³/mol. The molecular weight excluding hydrogens is 377 g/mol. The Morgan fingerprint density at radius 3 is 2.41 bits per heavy atom. The molecule has 0 saturated carbocycles. The topological polar surface area (TPSA) is 147 Å². The number of hydrogen-bond acceptors (Lipinski definition) is 7. The van der Waals surface area contributed by atoms with Crippen molar-refractivity contribution < 1.29 is 32.4 Å². The third-order valence-electron chi connectivity index (χ3n) is 3.57. The standard InChI is InChI=1S/C14H7F3N4O6/c15-14(16,17)27-5-1-2-7(8(3-5)21(25)26)20-9(22)4-6-10(11(20)18)13(24)19-12(6)23/h1-4H,18H2,(H,19,23,24). The van der Waals surface area contributed by atoms with Crippen molar-refractivity contribution in [2.75, 3.05) is 5.73 Å². The SMILES string of the molecule is Nc1c2c(cc(=O)n1-c1ccc(OC(F)(F)F)cc1[N+](=O)[O-])C(=O)NC2=O. The highest BCUT2D eigenvalue weighted by Gasteiger charge is 2.34. The molecule has 140 valence electrons. The first-order valence-corrected chi connectivity index (χ1v) is 6.95. The Kier molecular flexibility index (Phi) is 3.86. The van der Waals surface area contributed by atoms with Gasteiger partial charge in [-0.25, -0.2) is 0 Å². The predicted octanol–water partition coefficient (Wildman–Crippen LogP) is 1.11. The molecule has 1 aliphatic rings. The van der Waals surface area contributed by atoms with Crippen LogP contribution in [0.1, 0.15) is 20.7 Å². The number of benzene rings is 1. The van der Waals surface area contributed by atoms with E-state index in [1.165, 1.54) is 0 Å². The normalized spacial score (nSPS) is 13.3. The highest BCUT2D eigenvalue weighted by atomic mass is 19.4. The lowest BCUT2D eigenvalue weighted by atomic mass is 10.1. The van der Waals surface area contributed by atoms with Gasteiger partial charge in [0.25, 0.3) is 23.1 Å². The summed E-state index contributed by atoms with van der Waals surface area (Å²) in [7, 11) is 0. The van der Waals surface area contributed by atoms with Gasteiger partial charge in [0.1, 0.15) is 17.3 Å². The molecule has 0 spiro atoms. The summed E-state index contributed by atoms with van der Waals surface area (Å²) in [6, 6.07) is 2.74. The van der Waals surface area contributed by atoms with Crippen molar-refractivity contribution in [3.05, 3.63) is 55.9 Å². The van der Waals surface area contributed by atoms with E-state index in [1.54, 1.807) is 0 Å². The van der Waals surface area contributed by atoms with Gasteiger partial charge < -0.3 is 10.5 Å². The molecule has 2 aromatic rings. The second-order valence-electron chi connectivity index (χ2n) is 5.23. The van der Waals surface area contributed by atoms with E-state index < -0.39 is 51.6 Å². The van der Waals surface area contributed by atoms with Gasteiger partial charge in [0, 0.05) is 6.07 Å². The fourth-order valence-corrected chi connectivity index (χ4v) is 2.56. The highest BCUT2D eigenvalue weighted by molar-refractivity contribution is 6.23. The Morgan fingerprint density at radius 1 is 1.15 bits per heavy atom. The van der Waals surface area contributed by atoms with Crippen LogP contribution in [0.15, 0.2) is 29.1 Å². The van der Waals surface area contributed by atoms with Crippen molar-refractivity contribution in [1.29, 1.82) is 0 Å². The lowest BCUT2D eigenvalue weighted by molar-refractivity contribution is -0.384. The number of halogens is 3. The van der Waals surface area contributed by atoms with Crippen molar-refractivity contribution in [2.45, 2.75) is 6.36 Å². The van der Waals surface area contributed by atoms with Crippen molar-refractivity contribution in [3.8, 4) is 11.4 Å². The summed E-state index contributed by atoms with van der Waals surface area (Å²) < 4.78 is 41.1. The minimum Gasteiger partial charge on any atom is -0.406 e. The molecule has 10 nitrogen and oxygen atoms in total. The zero-order chi connectivity index (χ0) is 20.1. The molecule has 1 aromatic heterocycles. The smallest absolute Gasteiger partial charge is 0.406 e. The summed E-state index contributed by atoms with van der Waals surface area (Å²) >= 11 is 0. The molecule has 0 bridgehead atoms. The number of imide groups is 1. The molecule has 13 heteroatoms. The largest absolute Gasteiger partial charge is 0.573 e. The number of anilines is 1. The summed E-state index contributed by atoms with van der Waals surface area (Å²) in [5.74, 6) is -3.25. The maximum Gasteiger partial charge on any atom is 0.573 e. The highest BCUT2D eigenvalue weighted by Crippen LogP contribution is 2.32. The number of hydrogen-bond donors (Lipinski definition) is 2. The molecule has 3 rings (SSSR count). The number of carbonyl (C=O) groups excluding carboxylic acids is 2. The zero-order valence-electron chi connectivity index (χ0n) is 12.9. The van der Waals surface area contributed by atoms with Gasteiger partial charge >= 0.3 is 6.36 Å². The number of nitrogens with zero attached hydrogens (tertiary/aromatic N) is 2. The fraction of sp³-hybridized carbons (Fsp3) is 0.0714. The third kappa shape index (κ3) is 3.05. The Hall–Kier alpha value is -3.90. The van der Waals surface area contributed by atoms with Gasteiger partial charge in [0.15, 0.2) is 0 Å². The molecule has 0 atom stereocenters. The monoisotopic (exact) mass is 384 g/mol. The summed E-state index contributed by atoms with van der Waals surface area (Å²) in [5.41, 5.74) is 2.63. The van der Waals surface area contributed by atoms with Crippen LogP contribution in [0.25, 0.3) is 5.69 Å². The summed E-state index contributed by atoms with van der Waals surface area (Å²) in [6.45, 7) is 0. The number of rotatable bonds is 3. The Bertz CT molecular complexity index is 1080. The molecule has 0 unspecified atom stereocenters. The Balaban J connectivity index is 2.25. The quantitative estimate of drug-likeness (QED) is 0.458. The maximum atomic E-state index is 12.3. The van der Waals surface area contributed by atoms with E-state index >= 15 is 0 Å². The number of fused-ring (bicyclic) bond motifs is 1. The molecule has 2 heterocycles. The van der Waals surface area contributed by atoms with Gasteiger partial charge in [-0.05, 0) is 12.1 Å². The van der Waals surface area contributed by atoms with Crippen molar-refractivity contribution in [2.24, 2.45) is 0 Å². The van der Waals surface area contributed by atoms with Crippen LogP contribution in [0.5, 0.6) is 5.75 Å². The molecule has 0 radical (unpaired) electrons. The average molecular weight is 384 g/mol. The van der Waals surface area contributed by atoms with Crippen molar-refractivity contribution in [3.63, 3.8) is 0 Å². The third-order valence-corrected chi connectivity index (χ3v) is 3.57. The van der Waals surface area contributed by atoms with Crippen LogP contribution in [-0.4, -0.2) is 27.7 Å². The second-order valence-corrected chi connectivity index (χ2v) is 5.23. The van der Waals surface area contributed by atoms with E-state index in [2.05, 4.69) is 4.74 Å². The number of nitro groups is 1. The van der Waals surface area contributed by atoms with Gasteiger partial charge in [-0.2, -0.15) is 0 Å². The van der Waals surface area contributed by atoms with Crippen LogP contribution >= 0.6 is 0 Å². The number of carbonyl (C=O) groups is 2. The van der Waals surface area contributed by atoms with Crippen molar-refractivity contribution >= 4 is 23.3 Å². The molecular formula is C14H7F3N4O6. The first kappa shape index (κ1) is 17.9. The maximum absolute atomic E-state index is 12.3. The van der Waals surface area contributed by atoms with Crippen LogP contribution in [-0.2, 0) is 0 Å². The number of amides is 2. The molecule has 0 aliphatic carbocycles. The molecule has 2 amide bonds. The minimum absolute atomic E-state index is 0.307. The lowest BCUT2D eigenvalue weighted by Crippen LogP contribution is -2.25. The van der Waals surface area contributed by atoms with Crippen LogP contribution in [0.4, 0.5) is 24.7 Å². The van der Waals surface area contributed by atoms with E-state index in [9.17, 15) is 37.7 Å².